The van der Waals surface area contributed by atoms with Gasteiger partial charge in [-0.2, -0.15) is 0 Å². The van der Waals surface area contributed by atoms with E-state index < -0.39 is 0 Å². The molecule has 0 spiro atoms. The topological polar surface area (TPSA) is 91.0 Å². The molecule has 9 nitrogen and oxygen atoms in total. The number of ether oxygens (including phenoxy) is 2. The van der Waals surface area contributed by atoms with Crippen molar-refractivity contribution >= 4 is 52.1 Å². The first-order valence-corrected chi connectivity index (χ1v) is 14.6. The number of pyridine rings is 1. The Bertz CT molecular complexity index is 1550. The fraction of sp³-hybridized carbons (Fsp3) is 0.250. The number of nitrogens with one attached hydrogen (secondary N) is 3. The smallest absolute Gasteiger partial charge is 0.317 e. The van der Waals surface area contributed by atoms with Crippen LogP contribution in [0.15, 0.2) is 72.9 Å². The van der Waals surface area contributed by atoms with Crippen LogP contribution in [0.2, 0.25) is 10.0 Å². The monoisotopic (exact) mass is 620 g/mol. The summed E-state index contributed by atoms with van der Waals surface area (Å²) in [7, 11) is 4.76. The second-order valence-electron chi connectivity index (χ2n) is 10.0. The molecule has 0 aliphatic carbocycles. The predicted octanol–water partition coefficient (Wildman–Crippen LogP) is 7.02. The number of piperazine rings is 1. The van der Waals surface area contributed by atoms with Gasteiger partial charge >= 0.3 is 6.03 Å². The second-order valence-corrected chi connectivity index (χ2v) is 10.8. The van der Waals surface area contributed by atoms with Crippen LogP contribution < -0.4 is 25.4 Å². The Morgan fingerprint density at radius 2 is 1.60 bits per heavy atom. The average molecular weight is 622 g/mol. The average Bonchev–Trinajstić information content (AvgIpc) is 3.04. The van der Waals surface area contributed by atoms with Crippen molar-refractivity contribution in [3.8, 4) is 22.6 Å². The minimum Gasteiger partial charge on any atom is -0.495 e. The lowest BCUT2D eigenvalue weighted by molar-refractivity contribution is 0.136. The number of halogens is 2. The van der Waals surface area contributed by atoms with E-state index in [2.05, 4.69) is 38.0 Å². The van der Waals surface area contributed by atoms with Crippen LogP contribution in [0.1, 0.15) is 5.56 Å². The Morgan fingerprint density at radius 1 is 0.884 bits per heavy atom. The number of rotatable bonds is 9. The van der Waals surface area contributed by atoms with Gasteiger partial charge in [0.15, 0.2) is 0 Å². The highest BCUT2D eigenvalue weighted by Gasteiger charge is 2.21. The summed E-state index contributed by atoms with van der Waals surface area (Å²) >= 11 is 13.3. The number of carbonyl (C=O) groups excluding carboxylic acids is 1. The molecule has 1 aliphatic rings. The van der Waals surface area contributed by atoms with E-state index in [9.17, 15) is 4.79 Å². The molecule has 3 N–H and O–H groups in total. The van der Waals surface area contributed by atoms with E-state index in [1.165, 1.54) is 0 Å². The first-order valence-electron chi connectivity index (χ1n) is 13.9. The molecule has 1 saturated heterocycles. The quantitative estimate of drug-likeness (QED) is 0.185. The number of nitrogens with zero attached hydrogens (tertiary/aromatic N) is 3. The molecule has 3 aromatic carbocycles. The number of para-hydroxylation sites is 1. The number of carbonyl (C=O) groups is 1. The van der Waals surface area contributed by atoms with E-state index in [-0.39, 0.29) is 6.03 Å². The highest BCUT2D eigenvalue weighted by molar-refractivity contribution is 6.41. The van der Waals surface area contributed by atoms with Gasteiger partial charge < -0.3 is 30.3 Å². The number of hydrogen-bond acceptors (Lipinski definition) is 7. The maximum Gasteiger partial charge on any atom is 0.317 e. The summed E-state index contributed by atoms with van der Waals surface area (Å²) in [5.74, 6) is 1.66. The van der Waals surface area contributed by atoms with Crippen LogP contribution >= 0.6 is 23.2 Å². The number of urea groups is 1. The zero-order valence-electron chi connectivity index (χ0n) is 24.3. The minimum absolute atomic E-state index is 0.0214. The molecule has 4 aromatic rings. The molecule has 2 heterocycles. The maximum absolute atomic E-state index is 11.8. The van der Waals surface area contributed by atoms with Gasteiger partial charge in [0.05, 0.1) is 19.9 Å². The van der Waals surface area contributed by atoms with Crippen molar-refractivity contribution in [2.24, 2.45) is 0 Å². The van der Waals surface area contributed by atoms with E-state index in [0.29, 0.717) is 27.2 Å². The third kappa shape index (κ3) is 7.07. The van der Waals surface area contributed by atoms with Gasteiger partial charge in [-0.05, 0) is 35.4 Å². The van der Waals surface area contributed by atoms with Crippen molar-refractivity contribution in [2.45, 2.75) is 6.54 Å². The summed E-state index contributed by atoms with van der Waals surface area (Å²) in [6, 6.07) is 21.7. The van der Waals surface area contributed by atoms with Gasteiger partial charge in [0, 0.05) is 69.0 Å². The van der Waals surface area contributed by atoms with Gasteiger partial charge in [0.25, 0.3) is 0 Å². The molecule has 1 aromatic heterocycles. The standard InChI is InChI=1S/C32H34Cl2N6O3/c1-35-32(41)40-15-13-39(14-16-40)20-21-11-12-28(36-19-21)37-23-8-6-7-22(17-23)24-9-4-5-10-25(24)38-31-29(33)26(42-2)18-27(43-3)30(31)34/h4-12,17-19,38H,13-16,20H2,1-3H3,(H,35,41)(H,36,37). The van der Waals surface area contributed by atoms with Crippen LogP contribution in [0.25, 0.3) is 11.1 Å². The van der Waals surface area contributed by atoms with Gasteiger partial charge in [-0.3, -0.25) is 4.90 Å². The van der Waals surface area contributed by atoms with E-state index in [1.807, 2.05) is 59.6 Å². The lowest BCUT2D eigenvalue weighted by Gasteiger charge is -2.34. The normalized spacial score (nSPS) is 13.4. The van der Waals surface area contributed by atoms with E-state index in [4.69, 9.17) is 32.7 Å². The van der Waals surface area contributed by atoms with Crippen molar-refractivity contribution in [1.29, 1.82) is 0 Å². The van der Waals surface area contributed by atoms with Crippen molar-refractivity contribution in [3.05, 3.63) is 88.5 Å². The van der Waals surface area contributed by atoms with Crippen LogP contribution in [0.4, 0.5) is 27.7 Å². The van der Waals surface area contributed by atoms with Gasteiger partial charge in [-0.25, -0.2) is 9.78 Å². The highest BCUT2D eigenvalue weighted by atomic mass is 35.5. The minimum atomic E-state index is -0.0214. The van der Waals surface area contributed by atoms with E-state index in [0.717, 1.165) is 66.6 Å². The SMILES string of the molecule is CNC(=O)N1CCN(Cc2ccc(Nc3cccc(-c4ccccc4Nc4c(Cl)c(OC)cc(OC)c4Cl)c3)nc2)CC1. The summed E-state index contributed by atoms with van der Waals surface area (Å²) in [6.45, 7) is 3.90. The molecular weight excluding hydrogens is 587 g/mol. The zero-order chi connectivity index (χ0) is 30.3. The molecule has 43 heavy (non-hydrogen) atoms. The molecule has 0 bridgehead atoms. The molecule has 1 fully saturated rings. The van der Waals surface area contributed by atoms with Crippen LogP contribution in [-0.4, -0.2) is 68.3 Å². The molecule has 224 valence electrons. The van der Waals surface area contributed by atoms with E-state index >= 15 is 0 Å². The first-order chi connectivity index (χ1) is 20.9. The Morgan fingerprint density at radius 3 is 2.26 bits per heavy atom. The highest BCUT2D eigenvalue weighted by Crippen LogP contribution is 2.46. The Kier molecular flexibility index (Phi) is 9.76. The Hall–Kier alpha value is -4.18. The zero-order valence-corrected chi connectivity index (χ0v) is 25.8. The molecule has 0 saturated carbocycles. The summed E-state index contributed by atoms with van der Waals surface area (Å²) < 4.78 is 10.9. The van der Waals surface area contributed by atoms with Gasteiger partial charge in [0.2, 0.25) is 0 Å². The molecule has 0 atom stereocenters. The van der Waals surface area contributed by atoms with Crippen molar-refractivity contribution in [2.75, 3.05) is 58.1 Å². The fourth-order valence-electron chi connectivity index (χ4n) is 5.00. The number of hydrogen-bond donors (Lipinski definition) is 3. The number of benzene rings is 3. The summed E-state index contributed by atoms with van der Waals surface area (Å²) in [4.78, 5) is 20.7. The molecule has 1 aliphatic heterocycles. The third-order valence-corrected chi connectivity index (χ3v) is 8.06. The molecule has 0 radical (unpaired) electrons. The molecular formula is C32H34Cl2N6O3. The largest absolute Gasteiger partial charge is 0.495 e. The van der Waals surface area contributed by atoms with Gasteiger partial charge in [0.1, 0.15) is 27.4 Å². The van der Waals surface area contributed by atoms with Crippen molar-refractivity contribution in [3.63, 3.8) is 0 Å². The van der Waals surface area contributed by atoms with Crippen molar-refractivity contribution in [1.82, 2.24) is 20.1 Å². The van der Waals surface area contributed by atoms with E-state index in [1.54, 1.807) is 27.3 Å². The first kappa shape index (κ1) is 30.3. The summed E-state index contributed by atoms with van der Waals surface area (Å²) in [6.07, 6.45) is 1.90. The van der Waals surface area contributed by atoms with Crippen LogP contribution in [0.5, 0.6) is 11.5 Å². The summed E-state index contributed by atoms with van der Waals surface area (Å²) in [5, 5.41) is 10.2. The van der Waals surface area contributed by atoms with Crippen LogP contribution in [-0.2, 0) is 6.54 Å². The lowest BCUT2D eigenvalue weighted by atomic mass is 10.0. The van der Waals surface area contributed by atoms with Crippen LogP contribution in [0, 0.1) is 0 Å². The van der Waals surface area contributed by atoms with Crippen molar-refractivity contribution < 1.29 is 14.3 Å². The number of anilines is 4. The fourth-order valence-corrected chi connectivity index (χ4v) is 5.60. The molecule has 0 unspecified atom stereocenters. The number of methoxy groups -OCH3 is 2. The lowest BCUT2D eigenvalue weighted by Crippen LogP contribution is -2.50. The maximum atomic E-state index is 11.8. The molecule has 2 amide bonds. The Balaban J connectivity index is 1.29. The predicted molar refractivity (Wildman–Crippen MR) is 174 cm³/mol. The molecule has 11 heteroatoms. The molecule has 5 rings (SSSR count). The van der Waals surface area contributed by atoms with Gasteiger partial charge in [-0.1, -0.05) is 59.6 Å². The van der Waals surface area contributed by atoms with Crippen LogP contribution in [0.3, 0.4) is 0 Å². The Labute approximate surface area is 261 Å². The number of aromatic nitrogens is 1. The number of amides is 2. The second kappa shape index (κ2) is 13.9. The summed E-state index contributed by atoms with van der Waals surface area (Å²) in [5.41, 5.74) is 5.29. The van der Waals surface area contributed by atoms with Gasteiger partial charge in [-0.15, -0.1) is 0 Å². The third-order valence-electron chi connectivity index (χ3n) is 7.31.